The summed E-state index contributed by atoms with van der Waals surface area (Å²) in [6.45, 7) is 4.74. The summed E-state index contributed by atoms with van der Waals surface area (Å²) in [7, 11) is 1.84. The van der Waals surface area contributed by atoms with Gasteiger partial charge < -0.3 is 9.84 Å². The van der Waals surface area contributed by atoms with Gasteiger partial charge in [0.25, 0.3) is 0 Å². The van der Waals surface area contributed by atoms with E-state index in [0.717, 1.165) is 5.75 Å². The molecule has 2 rings (SSSR count). The Balaban J connectivity index is 2.11. The Morgan fingerprint density at radius 2 is 2.17 bits per heavy atom. The van der Waals surface area contributed by atoms with Crippen molar-refractivity contribution in [3.8, 4) is 5.75 Å². The standard InChI is InChI=1S/C14H19NO3/c1-14(2,13(16)17)15(3)8-10-9-18-12-7-5-4-6-11(10)12/h4-7,10H,8-9H2,1-3H3,(H,16,17). The van der Waals surface area contributed by atoms with Gasteiger partial charge >= 0.3 is 5.97 Å². The number of aliphatic carboxylic acids is 1. The first-order valence-electron chi connectivity index (χ1n) is 6.09. The quantitative estimate of drug-likeness (QED) is 0.886. The zero-order chi connectivity index (χ0) is 13.3. The van der Waals surface area contributed by atoms with Crippen LogP contribution >= 0.6 is 0 Å². The highest BCUT2D eigenvalue weighted by Gasteiger charge is 2.35. The van der Waals surface area contributed by atoms with Crippen LogP contribution in [0, 0.1) is 0 Å². The van der Waals surface area contributed by atoms with E-state index in [9.17, 15) is 9.90 Å². The van der Waals surface area contributed by atoms with Crippen LogP contribution in [0.4, 0.5) is 0 Å². The van der Waals surface area contributed by atoms with Crippen LogP contribution in [0.25, 0.3) is 0 Å². The first-order valence-corrected chi connectivity index (χ1v) is 6.09. The molecule has 1 N–H and O–H groups in total. The average molecular weight is 249 g/mol. The number of likely N-dealkylation sites (N-methyl/N-ethyl adjacent to an activating group) is 1. The molecule has 1 unspecified atom stereocenters. The summed E-state index contributed by atoms with van der Waals surface area (Å²) >= 11 is 0. The van der Waals surface area contributed by atoms with Crippen LogP contribution in [0.1, 0.15) is 25.3 Å². The van der Waals surface area contributed by atoms with Crippen molar-refractivity contribution in [2.75, 3.05) is 20.2 Å². The van der Waals surface area contributed by atoms with Crippen molar-refractivity contribution in [3.63, 3.8) is 0 Å². The number of nitrogens with zero attached hydrogens (tertiary/aromatic N) is 1. The van der Waals surface area contributed by atoms with Crippen molar-refractivity contribution in [3.05, 3.63) is 29.8 Å². The van der Waals surface area contributed by atoms with Crippen LogP contribution in [0.5, 0.6) is 5.75 Å². The van der Waals surface area contributed by atoms with Crippen LogP contribution < -0.4 is 4.74 Å². The van der Waals surface area contributed by atoms with Crippen molar-refractivity contribution in [1.82, 2.24) is 4.90 Å². The fourth-order valence-corrected chi connectivity index (χ4v) is 2.10. The summed E-state index contributed by atoms with van der Waals surface area (Å²) in [4.78, 5) is 13.1. The number of ether oxygens (including phenoxy) is 1. The molecule has 0 aliphatic carbocycles. The number of hydrogen-bond donors (Lipinski definition) is 1. The van der Waals surface area contributed by atoms with Crippen LogP contribution in [-0.4, -0.2) is 41.7 Å². The first-order chi connectivity index (χ1) is 8.43. The van der Waals surface area contributed by atoms with Gasteiger partial charge in [-0.05, 0) is 27.0 Å². The minimum absolute atomic E-state index is 0.241. The third kappa shape index (κ3) is 2.20. The van der Waals surface area contributed by atoms with Gasteiger partial charge in [0.15, 0.2) is 0 Å². The molecule has 0 spiro atoms. The summed E-state index contributed by atoms with van der Waals surface area (Å²) < 4.78 is 5.61. The van der Waals surface area contributed by atoms with E-state index in [2.05, 4.69) is 6.07 Å². The number of hydrogen-bond acceptors (Lipinski definition) is 3. The number of carboxylic acid groups (broad SMARTS) is 1. The Bertz CT molecular complexity index is 456. The van der Waals surface area contributed by atoms with Crippen molar-refractivity contribution in [1.29, 1.82) is 0 Å². The molecule has 1 heterocycles. The van der Waals surface area contributed by atoms with Crippen molar-refractivity contribution >= 4 is 5.97 Å². The molecule has 0 radical (unpaired) electrons. The maximum Gasteiger partial charge on any atom is 0.323 e. The van der Waals surface area contributed by atoms with Gasteiger partial charge in [-0.2, -0.15) is 0 Å². The van der Waals surface area contributed by atoms with Gasteiger partial charge in [0, 0.05) is 18.0 Å². The first kappa shape index (κ1) is 12.9. The van der Waals surface area contributed by atoms with Gasteiger partial charge in [-0.1, -0.05) is 18.2 Å². The van der Waals surface area contributed by atoms with Gasteiger partial charge in [-0.25, -0.2) is 0 Å². The molecule has 1 atom stereocenters. The lowest BCUT2D eigenvalue weighted by Gasteiger charge is -2.33. The van der Waals surface area contributed by atoms with E-state index in [1.165, 1.54) is 5.56 Å². The highest BCUT2D eigenvalue weighted by atomic mass is 16.5. The van der Waals surface area contributed by atoms with Crippen molar-refractivity contribution < 1.29 is 14.6 Å². The molecular formula is C14H19NO3. The molecule has 0 aromatic heterocycles. The lowest BCUT2D eigenvalue weighted by atomic mass is 9.97. The molecule has 0 bridgehead atoms. The molecule has 18 heavy (non-hydrogen) atoms. The topological polar surface area (TPSA) is 49.8 Å². The van der Waals surface area contributed by atoms with E-state index in [-0.39, 0.29) is 5.92 Å². The van der Waals surface area contributed by atoms with Crippen LogP contribution in [-0.2, 0) is 4.79 Å². The van der Waals surface area contributed by atoms with E-state index in [0.29, 0.717) is 13.2 Å². The Labute approximate surface area is 107 Å². The Morgan fingerprint density at radius 3 is 2.83 bits per heavy atom. The molecule has 0 saturated carbocycles. The molecule has 1 aromatic rings. The molecular weight excluding hydrogens is 230 g/mol. The highest BCUT2D eigenvalue weighted by molar-refractivity contribution is 5.77. The Morgan fingerprint density at radius 1 is 1.50 bits per heavy atom. The molecule has 0 amide bonds. The number of carbonyl (C=O) groups is 1. The summed E-state index contributed by atoms with van der Waals surface area (Å²) in [5, 5.41) is 9.21. The van der Waals surface area contributed by atoms with Crippen LogP contribution in [0.2, 0.25) is 0 Å². The van der Waals surface area contributed by atoms with Crippen molar-refractivity contribution in [2.45, 2.75) is 25.3 Å². The minimum atomic E-state index is -0.864. The molecule has 98 valence electrons. The van der Waals surface area contributed by atoms with Gasteiger partial charge in [-0.3, -0.25) is 9.69 Å². The molecule has 0 fully saturated rings. The largest absolute Gasteiger partial charge is 0.493 e. The van der Waals surface area contributed by atoms with Crippen LogP contribution in [0.3, 0.4) is 0 Å². The van der Waals surface area contributed by atoms with E-state index in [1.807, 2.05) is 30.1 Å². The highest BCUT2D eigenvalue weighted by Crippen LogP contribution is 2.34. The fraction of sp³-hybridized carbons (Fsp3) is 0.500. The van der Waals surface area contributed by atoms with Gasteiger partial charge in [0.05, 0.1) is 6.61 Å². The normalized spacial score (nSPS) is 18.6. The predicted molar refractivity (Wildman–Crippen MR) is 69.0 cm³/mol. The van der Waals surface area contributed by atoms with E-state index >= 15 is 0 Å². The zero-order valence-electron chi connectivity index (χ0n) is 11.0. The number of para-hydroxylation sites is 1. The molecule has 0 saturated heterocycles. The number of fused-ring (bicyclic) bond motifs is 1. The zero-order valence-corrected chi connectivity index (χ0v) is 11.0. The van der Waals surface area contributed by atoms with Gasteiger partial charge in [0.1, 0.15) is 11.3 Å². The van der Waals surface area contributed by atoms with Crippen LogP contribution in [0.15, 0.2) is 24.3 Å². The second-order valence-corrected chi connectivity index (χ2v) is 5.29. The maximum absolute atomic E-state index is 11.2. The van der Waals surface area contributed by atoms with Crippen molar-refractivity contribution in [2.24, 2.45) is 0 Å². The molecule has 1 aliphatic heterocycles. The van der Waals surface area contributed by atoms with E-state index in [4.69, 9.17) is 4.74 Å². The van der Waals surface area contributed by atoms with E-state index < -0.39 is 11.5 Å². The monoisotopic (exact) mass is 249 g/mol. The van der Waals surface area contributed by atoms with E-state index in [1.54, 1.807) is 13.8 Å². The van der Waals surface area contributed by atoms with Gasteiger partial charge in [0.2, 0.25) is 0 Å². The molecule has 4 nitrogen and oxygen atoms in total. The summed E-state index contributed by atoms with van der Waals surface area (Å²) in [6.07, 6.45) is 0. The Kier molecular flexibility index (Phi) is 3.30. The Hall–Kier alpha value is -1.55. The molecule has 1 aliphatic rings. The maximum atomic E-state index is 11.2. The minimum Gasteiger partial charge on any atom is -0.493 e. The van der Waals surface area contributed by atoms with Gasteiger partial charge in [-0.15, -0.1) is 0 Å². The fourth-order valence-electron chi connectivity index (χ4n) is 2.10. The lowest BCUT2D eigenvalue weighted by molar-refractivity contribution is -0.148. The molecule has 1 aromatic carbocycles. The number of carboxylic acids is 1. The second-order valence-electron chi connectivity index (χ2n) is 5.29. The summed E-state index contributed by atoms with van der Waals surface area (Å²) in [5.74, 6) is 0.353. The summed E-state index contributed by atoms with van der Waals surface area (Å²) in [5.41, 5.74) is 0.308. The lowest BCUT2D eigenvalue weighted by Crippen LogP contribution is -2.49. The third-order valence-corrected chi connectivity index (χ3v) is 3.77. The second kappa shape index (κ2) is 4.61. The SMILES string of the molecule is CN(CC1COc2ccccc21)C(C)(C)C(=O)O. The smallest absolute Gasteiger partial charge is 0.323 e. The number of benzene rings is 1. The third-order valence-electron chi connectivity index (χ3n) is 3.77. The predicted octanol–water partition coefficient (Wildman–Crippen LogP) is 1.96. The molecule has 4 heteroatoms. The summed E-state index contributed by atoms with van der Waals surface area (Å²) in [6, 6.07) is 7.95. The number of rotatable bonds is 4. The average Bonchev–Trinajstić information content (AvgIpc) is 2.72.